The molecule has 1 aromatic heterocycles. The van der Waals surface area contributed by atoms with Crippen molar-refractivity contribution in [3.05, 3.63) is 36.0 Å². The summed E-state index contributed by atoms with van der Waals surface area (Å²) >= 11 is 0. The summed E-state index contributed by atoms with van der Waals surface area (Å²) in [5.74, 6) is -0.417. The maximum atomic E-state index is 11.2. The van der Waals surface area contributed by atoms with Crippen LogP contribution in [-0.4, -0.2) is 22.1 Å². The Kier molecular flexibility index (Phi) is 4.23. The fourth-order valence-corrected chi connectivity index (χ4v) is 2.44. The summed E-state index contributed by atoms with van der Waals surface area (Å²) in [5.41, 5.74) is 1.61. The van der Waals surface area contributed by atoms with Gasteiger partial charge in [-0.2, -0.15) is 0 Å². The van der Waals surface area contributed by atoms with Crippen LogP contribution in [0.15, 0.2) is 30.3 Å². The summed E-state index contributed by atoms with van der Waals surface area (Å²) in [4.78, 5) is 15.3. The van der Waals surface area contributed by atoms with Gasteiger partial charge in [-0.15, -0.1) is 0 Å². The van der Waals surface area contributed by atoms with Crippen LogP contribution in [0.3, 0.4) is 0 Å². The van der Waals surface area contributed by atoms with Crippen LogP contribution in [0.4, 0.5) is 5.69 Å². The third kappa shape index (κ3) is 3.26. The lowest BCUT2D eigenvalue weighted by molar-refractivity contribution is 0.0691. The van der Waals surface area contributed by atoms with E-state index in [-0.39, 0.29) is 11.7 Å². The van der Waals surface area contributed by atoms with E-state index in [1.165, 1.54) is 0 Å². The van der Waals surface area contributed by atoms with Gasteiger partial charge in [-0.25, -0.2) is 9.78 Å². The minimum atomic E-state index is -1.00. The molecular formula is C16H20N2O2. The summed E-state index contributed by atoms with van der Waals surface area (Å²) in [6.07, 6.45) is 1.03. The number of aromatic carboxylic acids is 1. The molecule has 0 fully saturated rings. The van der Waals surface area contributed by atoms with E-state index in [1.807, 2.05) is 24.3 Å². The van der Waals surface area contributed by atoms with Crippen molar-refractivity contribution in [1.29, 1.82) is 0 Å². The number of anilines is 1. The Morgan fingerprint density at radius 1 is 1.30 bits per heavy atom. The lowest BCUT2D eigenvalue weighted by Gasteiger charge is -2.19. The smallest absolute Gasteiger partial charge is 0.354 e. The summed E-state index contributed by atoms with van der Waals surface area (Å²) in [6, 6.07) is 9.48. The SMILES string of the molecule is CC(C)CC(C)Nc1cc(C(=O)O)nc2ccccc12. The summed E-state index contributed by atoms with van der Waals surface area (Å²) in [5, 5.41) is 13.5. The van der Waals surface area contributed by atoms with Gasteiger partial charge in [0.25, 0.3) is 0 Å². The Morgan fingerprint density at radius 2 is 2.00 bits per heavy atom. The van der Waals surface area contributed by atoms with Crippen LogP contribution in [0.25, 0.3) is 10.9 Å². The molecule has 1 heterocycles. The number of carboxylic acid groups (broad SMARTS) is 1. The van der Waals surface area contributed by atoms with Gasteiger partial charge >= 0.3 is 5.97 Å². The average Bonchev–Trinajstić information content (AvgIpc) is 2.37. The predicted molar refractivity (Wildman–Crippen MR) is 81.2 cm³/mol. The summed E-state index contributed by atoms with van der Waals surface area (Å²) in [6.45, 7) is 6.45. The Balaban J connectivity index is 2.42. The number of rotatable bonds is 5. The molecule has 0 aliphatic rings. The number of nitrogens with zero attached hydrogens (tertiary/aromatic N) is 1. The van der Waals surface area contributed by atoms with Crippen LogP contribution >= 0.6 is 0 Å². The maximum absolute atomic E-state index is 11.2. The van der Waals surface area contributed by atoms with Crippen LogP contribution in [0.1, 0.15) is 37.7 Å². The lowest BCUT2D eigenvalue weighted by atomic mass is 10.0. The van der Waals surface area contributed by atoms with E-state index < -0.39 is 5.97 Å². The highest BCUT2D eigenvalue weighted by molar-refractivity contribution is 5.97. The third-order valence-corrected chi connectivity index (χ3v) is 3.16. The van der Waals surface area contributed by atoms with Gasteiger partial charge in [-0.3, -0.25) is 0 Å². The van der Waals surface area contributed by atoms with Gasteiger partial charge in [0, 0.05) is 17.1 Å². The molecule has 106 valence electrons. The van der Waals surface area contributed by atoms with Crippen molar-refractivity contribution >= 4 is 22.6 Å². The van der Waals surface area contributed by atoms with Crippen LogP contribution in [0.2, 0.25) is 0 Å². The molecule has 1 atom stereocenters. The fourth-order valence-electron chi connectivity index (χ4n) is 2.44. The molecule has 4 nitrogen and oxygen atoms in total. The first-order valence-corrected chi connectivity index (χ1v) is 6.87. The molecular weight excluding hydrogens is 252 g/mol. The number of carbonyl (C=O) groups is 1. The summed E-state index contributed by atoms with van der Waals surface area (Å²) < 4.78 is 0. The molecule has 0 bridgehead atoms. The highest BCUT2D eigenvalue weighted by atomic mass is 16.4. The number of para-hydroxylation sites is 1. The van der Waals surface area contributed by atoms with Gasteiger partial charge in [0.2, 0.25) is 0 Å². The van der Waals surface area contributed by atoms with Gasteiger partial charge in [0.1, 0.15) is 0 Å². The number of benzene rings is 1. The fraction of sp³-hybridized carbons (Fsp3) is 0.375. The number of aromatic nitrogens is 1. The zero-order chi connectivity index (χ0) is 14.7. The zero-order valence-electron chi connectivity index (χ0n) is 12.1. The number of nitrogens with one attached hydrogen (secondary N) is 1. The first-order valence-electron chi connectivity index (χ1n) is 6.87. The van der Waals surface area contributed by atoms with E-state index in [0.29, 0.717) is 11.4 Å². The van der Waals surface area contributed by atoms with Crippen LogP contribution in [0, 0.1) is 5.92 Å². The van der Waals surface area contributed by atoms with Crippen LogP contribution < -0.4 is 5.32 Å². The second kappa shape index (κ2) is 5.90. The van der Waals surface area contributed by atoms with Crippen molar-refractivity contribution in [2.75, 3.05) is 5.32 Å². The molecule has 0 saturated heterocycles. The maximum Gasteiger partial charge on any atom is 0.354 e. The molecule has 2 aromatic rings. The second-order valence-electron chi connectivity index (χ2n) is 5.55. The number of fused-ring (bicyclic) bond motifs is 1. The Bertz CT molecular complexity index is 623. The standard InChI is InChI=1S/C16H20N2O2/c1-10(2)8-11(3)17-14-9-15(16(19)20)18-13-7-5-4-6-12(13)14/h4-7,9-11H,8H2,1-3H3,(H,17,18)(H,19,20). The highest BCUT2D eigenvalue weighted by Gasteiger charge is 2.12. The molecule has 1 unspecified atom stereocenters. The van der Waals surface area contributed by atoms with Crippen molar-refractivity contribution in [1.82, 2.24) is 4.98 Å². The minimum absolute atomic E-state index is 0.0722. The molecule has 0 amide bonds. The Morgan fingerprint density at radius 3 is 2.65 bits per heavy atom. The van der Waals surface area contributed by atoms with Gasteiger partial charge in [-0.1, -0.05) is 32.0 Å². The second-order valence-corrected chi connectivity index (χ2v) is 5.55. The lowest BCUT2D eigenvalue weighted by Crippen LogP contribution is -2.18. The van der Waals surface area contributed by atoms with Gasteiger partial charge < -0.3 is 10.4 Å². The van der Waals surface area contributed by atoms with Crippen LogP contribution in [0.5, 0.6) is 0 Å². The topological polar surface area (TPSA) is 62.2 Å². The average molecular weight is 272 g/mol. The normalized spacial score (nSPS) is 12.6. The quantitative estimate of drug-likeness (QED) is 0.869. The third-order valence-electron chi connectivity index (χ3n) is 3.16. The largest absolute Gasteiger partial charge is 0.477 e. The number of hydrogen-bond donors (Lipinski definition) is 2. The number of carboxylic acids is 1. The molecule has 20 heavy (non-hydrogen) atoms. The zero-order valence-corrected chi connectivity index (χ0v) is 12.1. The van der Waals surface area contributed by atoms with Gasteiger partial charge in [-0.05, 0) is 31.4 Å². The monoisotopic (exact) mass is 272 g/mol. The molecule has 2 rings (SSSR count). The molecule has 0 spiro atoms. The molecule has 0 radical (unpaired) electrons. The summed E-state index contributed by atoms with van der Waals surface area (Å²) in [7, 11) is 0. The van der Waals surface area contributed by atoms with E-state index in [0.717, 1.165) is 17.5 Å². The Labute approximate surface area is 118 Å². The number of pyridine rings is 1. The molecule has 4 heteroatoms. The van der Waals surface area contributed by atoms with Crippen LogP contribution in [-0.2, 0) is 0 Å². The highest BCUT2D eigenvalue weighted by Crippen LogP contribution is 2.24. The first kappa shape index (κ1) is 14.3. The predicted octanol–water partition coefficient (Wildman–Crippen LogP) is 3.78. The molecule has 2 N–H and O–H groups in total. The van der Waals surface area contributed by atoms with Crippen molar-refractivity contribution in [2.45, 2.75) is 33.2 Å². The van der Waals surface area contributed by atoms with E-state index in [2.05, 4.69) is 31.1 Å². The van der Waals surface area contributed by atoms with Crippen molar-refractivity contribution in [2.24, 2.45) is 5.92 Å². The minimum Gasteiger partial charge on any atom is -0.477 e. The first-order chi connectivity index (χ1) is 9.47. The van der Waals surface area contributed by atoms with Gasteiger partial charge in [0.15, 0.2) is 5.69 Å². The van der Waals surface area contributed by atoms with E-state index in [1.54, 1.807) is 6.07 Å². The van der Waals surface area contributed by atoms with E-state index in [4.69, 9.17) is 5.11 Å². The van der Waals surface area contributed by atoms with Crippen molar-refractivity contribution < 1.29 is 9.90 Å². The van der Waals surface area contributed by atoms with Crippen molar-refractivity contribution in [3.63, 3.8) is 0 Å². The van der Waals surface area contributed by atoms with E-state index >= 15 is 0 Å². The number of hydrogen-bond acceptors (Lipinski definition) is 3. The van der Waals surface area contributed by atoms with E-state index in [9.17, 15) is 4.79 Å². The molecule has 0 aliphatic heterocycles. The van der Waals surface area contributed by atoms with Crippen molar-refractivity contribution in [3.8, 4) is 0 Å². The Hall–Kier alpha value is -2.10. The molecule has 0 saturated carbocycles. The van der Waals surface area contributed by atoms with Gasteiger partial charge in [0.05, 0.1) is 5.52 Å². The molecule has 0 aliphatic carbocycles. The molecule has 1 aromatic carbocycles.